The van der Waals surface area contributed by atoms with Crippen LogP contribution in [0.3, 0.4) is 0 Å². The lowest BCUT2D eigenvalue weighted by Gasteiger charge is -2.42. The zero-order valence-corrected chi connectivity index (χ0v) is 34.8. The SMILES string of the molecule is COc1cc(C(F)(F)F)cc(C(F)(F)F)c1C(=O)NC1(c2ccccc2)CCCN(C)C1.COc1cc(C(F)(F)F)cc(C(F)(F)F)c1C(=O)N[C@]1(c2ccccc2)CCCN(C)C1. The highest BCUT2D eigenvalue weighted by Crippen LogP contribution is 2.44. The van der Waals surface area contributed by atoms with E-state index >= 15 is 0 Å². The summed E-state index contributed by atoms with van der Waals surface area (Å²) in [6, 6.07) is 18.3. The average molecular weight is 921 g/mol. The molecule has 2 aliphatic rings. The number of piperidine rings is 2. The van der Waals surface area contributed by atoms with Crippen molar-refractivity contribution in [2.45, 2.75) is 61.5 Å². The summed E-state index contributed by atoms with van der Waals surface area (Å²) >= 11 is 0. The van der Waals surface area contributed by atoms with Gasteiger partial charge in [0.2, 0.25) is 0 Å². The molecule has 2 heterocycles. The first-order valence-electron chi connectivity index (χ1n) is 19.6. The van der Waals surface area contributed by atoms with Crippen molar-refractivity contribution in [3.8, 4) is 11.5 Å². The molecular formula is C44H44F12N4O4. The van der Waals surface area contributed by atoms with Gasteiger partial charge in [-0.3, -0.25) is 9.59 Å². The zero-order chi connectivity index (χ0) is 47.5. The summed E-state index contributed by atoms with van der Waals surface area (Å²) in [5.74, 6) is -3.89. The molecular weight excluding hydrogens is 876 g/mol. The molecule has 2 aliphatic heterocycles. The smallest absolute Gasteiger partial charge is 0.417 e. The van der Waals surface area contributed by atoms with Gasteiger partial charge in [0, 0.05) is 13.1 Å². The van der Waals surface area contributed by atoms with Crippen molar-refractivity contribution in [3.05, 3.63) is 129 Å². The lowest BCUT2D eigenvalue weighted by atomic mass is 9.82. The van der Waals surface area contributed by atoms with E-state index in [1.165, 1.54) is 0 Å². The van der Waals surface area contributed by atoms with Crippen molar-refractivity contribution in [1.29, 1.82) is 0 Å². The van der Waals surface area contributed by atoms with Gasteiger partial charge < -0.3 is 29.9 Å². The third-order valence-corrected chi connectivity index (χ3v) is 11.1. The second kappa shape index (κ2) is 18.9. The molecule has 2 N–H and O–H groups in total. The van der Waals surface area contributed by atoms with E-state index in [0.717, 1.165) is 27.3 Å². The molecule has 0 radical (unpaired) electrons. The number of halogens is 12. The number of nitrogens with zero attached hydrogens (tertiary/aromatic N) is 2. The lowest BCUT2D eigenvalue weighted by Crippen LogP contribution is -2.55. The monoisotopic (exact) mass is 920 g/mol. The molecule has 64 heavy (non-hydrogen) atoms. The second-order valence-corrected chi connectivity index (χ2v) is 15.7. The molecule has 2 saturated heterocycles. The molecule has 0 bridgehead atoms. The predicted octanol–water partition coefficient (Wildman–Crippen LogP) is 10.2. The van der Waals surface area contributed by atoms with Gasteiger partial charge in [0.15, 0.2) is 0 Å². The normalized spacial score (nSPS) is 20.1. The van der Waals surface area contributed by atoms with Crippen LogP contribution in [-0.4, -0.2) is 76.1 Å². The van der Waals surface area contributed by atoms with E-state index in [1.54, 1.807) is 60.7 Å². The van der Waals surface area contributed by atoms with Gasteiger partial charge in [-0.2, -0.15) is 52.7 Å². The maximum absolute atomic E-state index is 13.7. The van der Waals surface area contributed by atoms with Crippen molar-refractivity contribution < 1.29 is 71.7 Å². The number of rotatable bonds is 8. The summed E-state index contributed by atoms with van der Waals surface area (Å²) < 4.78 is 171. The Morgan fingerprint density at radius 3 is 1.12 bits per heavy atom. The summed E-state index contributed by atoms with van der Waals surface area (Å²) in [6.07, 6.45) is -18.2. The molecule has 6 rings (SSSR count). The van der Waals surface area contributed by atoms with Gasteiger partial charge in [0.05, 0.1) is 58.7 Å². The van der Waals surface area contributed by atoms with Crippen LogP contribution in [0.1, 0.15) is 79.8 Å². The fraction of sp³-hybridized carbons (Fsp3) is 0.409. The van der Waals surface area contributed by atoms with Crippen molar-refractivity contribution in [2.75, 3.05) is 54.5 Å². The number of benzene rings is 4. The predicted molar refractivity (Wildman–Crippen MR) is 211 cm³/mol. The highest BCUT2D eigenvalue weighted by atomic mass is 19.4. The highest BCUT2D eigenvalue weighted by Gasteiger charge is 2.46. The average Bonchev–Trinajstić information content (AvgIpc) is 3.22. The standard InChI is InChI=1S/2C22H22F6N2O2/c2*1-30-10-6-9-20(13-30,14-7-4-3-5-8-14)29-19(31)18-16(22(26,27)28)11-15(21(23,24)25)12-17(18)32-2/h2*3-5,7-8,11-12H,6,9-10,13H2,1-2H3,(H,29,31)/t20-;/m1./s1. The number of carbonyl (C=O) groups is 2. The number of amides is 2. The minimum atomic E-state index is -5.20. The largest absolute Gasteiger partial charge is 0.496 e. The topological polar surface area (TPSA) is 83.1 Å². The first-order valence-corrected chi connectivity index (χ1v) is 19.6. The van der Waals surface area contributed by atoms with Crippen molar-refractivity contribution >= 4 is 11.8 Å². The van der Waals surface area contributed by atoms with Crippen LogP contribution in [0.2, 0.25) is 0 Å². The van der Waals surface area contributed by atoms with Crippen LogP contribution in [0.15, 0.2) is 84.9 Å². The molecule has 1 unspecified atom stereocenters. The number of hydrogen-bond donors (Lipinski definition) is 2. The van der Waals surface area contributed by atoms with Crippen molar-refractivity contribution in [3.63, 3.8) is 0 Å². The van der Waals surface area contributed by atoms with Crippen molar-refractivity contribution in [1.82, 2.24) is 20.4 Å². The lowest BCUT2D eigenvalue weighted by molar-refractivity contribution is -0.145. The van der Waals surface area contributed by atoms with Crippen LogP contribution in [-0.2, 0) is 35.8 Å². The molecule has 8 nitrogen and oxygen atoms in total. The molecule has 2 atom stereocenters. The number of nitrogens with one attached hydrogen (secondary N) is 2. The molecule has 2 fully saturated rings. The van der Waals surface area contributed by atoms with Gasteiger partial charge in [-0.25, -0.2) is 0 Å². The Morgan fingerprint density at radius 1 is 0.531 bits per heavy atom. The van der Waals surface area contributed by atoms with E-state index in [2.05, 4.69) is 10.6 Å². The Labute approximate surface area is 360 Å². The molecule has 20 heteroatoms. The molecule has 348 valence electrons. The van der Waals surface area contributed by atoms with Gasteiger partial charge in [-0.1, -0.05) is 60.7 Å². The fourth-order valence-electron chi connectivity index (χ4n) is 8.23. The number of carbonyl (C=O) groups excluding carboxylic acids is 2. The molecule has 0 spiro atoms. The van der Waals surface area contributed by atoms with Crippen molar-refractivity contribution in [2.24, 2.45) is 0 Å². The number of alkyl halides is 12. The van der Waals surface area contributed by atoms with Crippen LogP contribution in [0.5, 0.6) is 11.5 Å². The second-order valence-electron chi connectivity index (χ2n) is 15.7. The Kier molecular flexibility index (Phi) is 14.6. The van der Waals surface area contributed by atoms with Crippen LogP contribution in [0.25, 0.3) is 0 Å². The van der Waals surface area contributed by atoms with Crippen LogP contribution in [0, 0.1) is 0 Å². The Bertz CT molecular complexity index is 2110. The summed E-state index contributed by atoms with van der Waals surface area (Å²) in [5.41, 5.74) is -9.08. The van der Waals surface area contributed by atoms with Crippen LogP contribution < -0.4 is 20.1 Å². The van der Waals surface area contributed by atoms with Gasteiger partial charge >= 0.3 is 24.7 Å². The number of likely N-dealkylation sites (N-methyl/N-ethyl adjacent to an activating group) is 2. The summed E-state index contributed by atoms with van der Waals surface area (Å²) in [5, 5.41) is 5.40. The number of likely N-dealkylation sites (tertiary alicyclic amines) is 2. The van der Waals surface area contributed by atoms with E-state index < -0.39 is 92.5 Å². The third-order valence-electron chi connectivity index (χ3n) is 11.1. The van der Waals surface area contributed by atoms with E-state index in [4.69, 9.17) is 9.47 Å². The molecule has 4 aromatic rings. The van der Waals surface area contributed by atoms with E-state index in [0.29, 0.717) is 62.0 Å². The molecule has 2 amide bonds. The van der Waals surface area contributed by atoms with Gasteiger partial charge in [-0.05, 0) is 88.3 Å². The minimum Gasteiger partial charge on any atom is -0.496 e. The maximum atomic E-state index is 13.7. The first-order chi connectivity index (χ1) is 29.7. The van der Waals surface area contributed by atoms with E-state index in [-0.39, 0.29) is 12.1 Å². The maximum Gasteiger partial charge on any atom is 0.417 e. The molecule has 0 saturated carbocycles. The molecule has 0 aromatic heterocycles. The molecule has 0 aliphatic carbocycles. The van der Waals surface area contributed by atoms with Gasteiger partial charge in [0.1, 0.15) is 11.5 Å². The Hall–Kier alpha value is -5.50. The summed E-state index contributed by atoms with van der Waals surface area (Å²) in [4.78, 5) is 30.3. The minimum absolute atomic E-state index is 0.0559. The summed E-state index contributed by atoms with van der Waals surface area (Å²) in [6.45, 7) is 2.13. The number of ether oxygens (including phenoxy) is 2. The Balaban J connectivity index is 0.000000241. The van der Waals surface area contributed by atoms with Gasteiger partial charge in [-0.15, -0.1) is 0 Å². The third kappa shape index (κ3) is 11.2. The van der Waals surface area contributed by atoms with Crippen LogP contribution in [0.4, 0.5) is 52.7 Å². The fourth-order valence-corrected chi connectivity index (χ4v) is 8.23. The molecule has 4 aromatic carbocycles. The van der Waals surface area contributed by atoms with E-state index in [9.17, 15) is 62.3 Å². The van der Waals surface area contributed by atoms with Crippen LogP contribution >= 0.6 is 0 Å². The quantitative estimate of drug-likeness (QED) is 0.171. The summed E-state index contributed by atoms with van der Waals surface area (Å²) in [7, 11) is 5.49. The zero-order valence-electron chi connectivity index (χ0n) is 34.8. The highest BCUT2D eigenvalue weighted by molar-refractivity contribution is 6.00. The number of hydrogen-bond acceptors (Lipinski definition) is 6. The van der Waals surface area contributed by atoms with Gasteiger partial charge in [0.25, 0.3) is 11.8 Å². The number of methoxy groups -OCH3 is 2. The Morgan fingerprint density at radius 2 is 0.859 bits per heavy atom. The van der Waals surface area contributed by atoms with E-state index in [1.807, 2.05) is 23.9 Å². The first kappa shape index (κ1) is 49.5.